The first kappa shape index (κ1) is 28.2. The van der Waals surface area contributed by atoms with Gasteiger partial charge in [0.15, 0.2) is 0 Å². The molecule has 2 amide bonds. The van der Waals surface area contributed by atoms with Crippen LogP contribution in [0.1, 0.15) is 72.9 Å². The summed E-state index contributed by atoms with van der Waals surface area (Å²) in [4.78, 5) is 35.7. The molecule has 1 aromatic heterocycles. The van der Waals surface area contributed by atoms with Crippen LogP contribution >= 0.6 is 0 Å². The number of ether oxygens (including phenoxy) is 1. The summed E-state index contributed by atoms with van der Waals surface area (Å²) >= 11 is 0. The average molecular weight is 545 g/mol. The van der Waals surface area contributed by atoms with Crippen LogP contribution in [0.2, 0.25) is 0 Å². The van der Waals surface area contributed by atoms with Gasteiger partial charge in [-0.3, -0.25) is 19.5 Å². The number of aromatic nitrogens is 1. The summed E-state index contributed by atoms with van der Waals surface area (Å²) in [7, 11) is 0. The Labute approximate surface area is 236 Å². The van der Waals surface area contributed by atoms with Gasteiger partial charge >= 0.3 is 0 Å². The maximum absolute atomic E-state index is 13.8. The van der Waals surface area contributed by atoms with Crippen LogP contribution in [0.25, 0.3) is 0 Å². The summed E-state index contributed by atoms with van der Waals surface area (Å²) in [6.45, 7) is 2.74. The van der Waals surface area contributed by atoms with Crippen molar-refractivity contribution in [3.8, 4) is 6.07 Å². The zero-order valence-corrected chi connectivity index (χ0v) is 23.1. The van der Waals surface area contributed by atoms with Gasteiger partial charge < -0.3 is 20.7 Å². The number of nitrogens with one attached hydrogen (secondary N) is 1. The van der Waals surface area contributed by atoms with Crippen molar-refractivity contribution in [2.24, 2.45) is 5.73 Å². The topological polar surface area (TPSA) is 125 Å². The summed E-state index contributed by atoms with van der Waals surface area (Å²) in [5.41, 5.74) is 8.34. The fourth-order valence-corrected chi connectivity index (χ4v) is 6.30. The highest BCUT2D eigenvalue weighted by Crippen LogP contribution is 2.28. The molecule has 0 bridgehead atoms. The molecule has 9 nitrogen and oxygen atoms in total. The van der Waals surface area contributed by atoms with E-state index in [2.05, 4.69) is 21.3 Å². The monoisotopic (exact) mass is 544 g/mol. The van der Waals surface area contributed by atoms with Gasteiger partial charge in [0.2, 0.25) is 5.91 Å². The van der Waals surface area contributed by atoms with Crippen molar-refractivity contribution in [2.75, 3.05) is 19.7 Å². The maximum atomic E-state index is 13.8. The SMILES string of the molecule is N#Cc1ccc(CN(CC2CCCO2)C2CCN(C(=O)c3cccnc3)[C@@H](C(=O)NC3CCC(N)CC3)C2)cc1. The third kappa shape index (κ3) is 7.05. The zero-order valence-electron chi connectivity index (χ0n) is 23.1. The number of nitriles is 1. The summed E-state index contributed by atoms with van der Waals surface area (Å²) in [5, 5.41) is 12.5. The molecule has 2 aromatic rings. The molecule has 40 heavy (non-hydrogen) atoms. The first-order valence-corrected chi connectivity index (χ1v) is 14.6. The van der Waals surface area contributed by atoms with E-state index in [-0.39, 0.29) is 36.0 Å². The first-order valence-electron chi connectivity index (χ1n) is 14.6. The van der Waals surface area contributed by atoms with Gasteiger partial charge in [-0.05, 0) is 81.2 Å². The Morgan fingerprint density at radius 3 is 2.60 bits per heavy atom. The Morgan fingerprint density at radius 2 is 1.93 bits per heavy atom. The predicted octanol–water partition coefficient (Wildman–Crippen LogP) is 2.99. The van der Waals surface area contributed by atoms with Gasteiger partial charge in [-0.15, -0.1) is 0 Å². The molecule has 2 aliphatic heterocycles. The van der Waals surface area contributed by atoms with Crippen molar-refractivity contribution in [1.29, 1.82) is 5.26 Å². The van der Waals surface area contributed by atoms with E-state index in [1.54, 1.807) is 29.4 Å². The second kappa shape index (κ2) is 13.4. The van der Waals surface area contributed by atoms with Crippen molar-refractivity contribution < 1.29 is 14.3 Å². The summed E-state index contributed by atoms with van der Waals surface area (Å²) in [6, 6.07) is 13.2. The van der Waals surface area contributed by atoms with E-state index in [1.165, 1.54) is 0 Å². The van der Waals surface area contributed by atoms with Gasteiger partial charge in [0.1, 0.15) is 6.04 Å². The van der Waals surface area contributed by atoms with Crippen LogP contribution in [0.3, 0.4) is 0 Å². The molecule has 5 rings (SSSR count). The van der Waals surface area contributed by atoms with Crippen LogP contribution < -0.4 is 11.1 Å². The van der Waals surface area contributed by atoms with E-state index in [4.69, 9.17) is 10.5 Å². The lowest BCUT2D eigenvalue weighted by Crippen LogP contribution is -2.59. The largest absolute Gasteiger partial charge is 0.377 e. The molecule has 1 aliphatic carbocycles. The molecule has 2 saturated heterocycles. The summed E-state index contributed by atoms with van der Waals surface area (Å²) in [6.07, 6.45) is 10.3. The number of pyridine rings is 1. The minimum Gasteiger partial charge on any atom is -0.377 e. The van der Waals surface area contributed by atoms with Gasteiger partial charge in [0.25, 0.3) is 5.91 Å². The molecule has 0 spiro atoms. The fraction of sp³-hybridized carbons (Fsp3) is 0.548. The minimum atomic E-state index is -0.574. The molecule has 9 heteroatoms. The first-order chi connectivity index (χ1) is 19.5. The molecule has 1 aromatic carbocycles. The molecule has 0 radical (unpaired) electrons. The van der Waals surface area contributed by atoms with E-state index >= 15 is 0 Å². The number of likely N-dealkylation sites (tertiary alicyclic amines) is 1. The number of rotatable bonds is 8. The van der Waals surface area contributed by atoms with Gasteiger partial charge in [-0.2, -0.15) is 5.26 Å². The van der Waals surface area contributed by atoms with Crippen LogP contribution in [-0.2, 0) is 16.1 Å². The Balaban J connectivity index is 1.36. The van der Waals surface area contributed by atoms with E-state index in [1.807, 2.05) is 24.3 Å². The van der Waals surface area contributed by atoms with E-state index in [0.717, 1.165) is 63.7 Å². The molecular formula is C31H40N6O3. The number of hydrogen-bond donors (Lipinski definition) is 2. The molecule has 2 unspecified atom stereocenters. The third-order valence-corrected chi connectivity index (χ3v) is 8.61. The van der Waals surface area contributed by atoms with Gasteiger partial charge in [-0.25, -0.2) is 0 Å². The third-order valence-electron chi connectivity index (χ3n) is 8.61. The van der Waals surface area contributed by atoms with Gasteiger partial charge in [0.05, 0.1) is 23.3 Å². The van der Waals surface area contributed by atoms with E-state index in [9.17, 15) is 14.9 Å². The highest BCUT2D eigenvalue weighted by Gasteiger charge is 2.40. The molecule has 1 saturated carbocycles. The zero-order chi connectivity index (χ0) is 27.9. The molecule has 3 fully saturated rings. The van der Waals surface area contributed by atoms with Crippen LogP contribution in [0.15, 0.2) is 48.8 Å². The lowest BCUT2D eigenvalue weighted by Gasteiger charge is -2.44. The average Bonchev–Trinajstić information content (AvgIpc) is 3.51. The molecular weight excluding hydrogens is 504 g/mol. The number of amides is 2. The predicted molar refractivity (Wildman–Crippen MR) is 151 cm³/mol. The number of nitrogens with zero attached hydrogens (tertiary/aromatic N) is 4. The number of benzene rings is 1. The number of carbonyl (C=O) groups is 2. The lowest BCUT2D eigenvalue weighted by molar-refractivity contribution is -0.128. The van der Waals surface area contributed by atoms with Crippen molar-refractivity contribution in [2.45, 2.75) is 88.2 Å². The number of piperidine rings is 1. The second-order valence-corrected chi connectivity index (χ2v) is 11.4. The number of nitrogens with two attached hydrogens (primary N) is 1. The Bertz CT molecular complexity index is 1170. The molecule has 3 aliphatic rings. The quantitative estimate of drug-likeness (QED) is 0.523. The number of hydrogen-bond acceptors (Lipinski definition) is 7. The van der Waals surface area contributed by atoms with Gasteiger partial charge in [-0.1, -0.05) is 12.1 Å². The minimum absolute atomic E-state index is 0.0853. The van der Waals surface area contributed by atoms with Crippen LogP contribution in [0.4, 0.5) is 0 Å². The van der Waals surface area contributed by atoms with Crippen molar-refractivity contribution >= 4 is 11.8 Å². The Kier molecular flexibility index (Phi) is 9.42. The highest BCUT2D eigenvalue weighted by molar-refractivity contribution is 5.97. The summed E-state index contributed by atoms with van der Waals surface area (Å²) in [5.74, 6) is -0.243. The molecule has 212 valence electrons. The van der Waals surface area contributed by atoms with Crippen molar-refractivity contribution in [3.05, 3.63) is 65.5 Å². The van der Waals surface area contributed by atoms with Crippen molar-refractivity contribution in [1.82, 2.24) is 20.1 Å². The second-order valence-electron chi connectivity index (χ2n) is 11.4. The number of carbonyl (C=O) groups excluding carboxylic acids is 2. The van der Waals surface area contributed by atoms with E-state index < -0.39 is 6.04 Å². The van der Waals surface area contributed by atoms with Crippen molar-refractivity contribution in [3.63, 3.8) is 0 Å². The van der Waals surface area contributed by atoms with Crippen LogP contribution in [0, 0.1) is 11.3 Å². The van der Waals surface area contributed by atoms with E-state index in [0.29, 0.717) is 30.6 Å². The maximum Gasteiger partial charge on any atom is 0.256 e. The molecule has 3 atom stereocenters. The lowest BCUT2D eigenvalue weighted by atomic mass is 9.90. The summed E-state index contributed by atoms with van der Waals surface area (Å²) < 4.78 is 6.00. The van der Waals surface area contributed by atoms with Crippen LogP contribution in [0.5, 0.6) is 0 Å². The fourth-order valence-electron chi connectivity index (χ4n) is 6.30. The highest BCUT2D eigenvalue weighted by atomic mass is 16.5. The normalized spacial score (nSPS) is 26.8. The smallest absolute Gasteiger partial charge is 0.256 e. The van der Waals surface area contributed by atoms with Gasteiger partial charge in [0, 0.05) is 56.8 Å². The Morgan fingerprint density at radius 1 is 1.12 bits per heavy atom. The standard InChI is InChI=1S/C31H40N6O3/c32-18-22-5-7-23(8-6-22)20-36(21-28-4-2-16-40-28)27-13-15-37(31(39)24-3-1-14-34-19-24)29(17-27)30(38)35-26-11-9-25(33)10-12-26/h1,3,5-8,14,19,25-29H,2,4,9-13,15-17,20-21,33H2,(H,35,38)/t25?,26?,27?,28?,29-/m1/s1. The Hall–Kier alpha value is -3.32. The molecule has 3 N–H and O–H groups in total. The van der Waals surface area contributed by atoms with Crippen LogP contribution in [-0.4, -0.2) is 76.6 Å². The molecule has 3 heterocycles.